The van der Waals surface area contributed by atoms with Crippen LogP contribution in [0.15, 0.2) is 0 Å². The molecule has 0 spiro atoms. The number of H-pyrrole nitrogens is 1. The predicted molar refractivity (Wildman–Crippen MR) is 100 cm³/mol. The van der Waals surface area contributed by atoms with Gasteiger partial charge in [-0.15, -0.1) is 0 Å². The molecule has 5 heteroatoms. The Labute approximate surface area is 145 Å². The van der Waals surface area contributed by atoms with Crippen molar-refractivity contribution in [3.63, 3.8) is 0 Å². The molecule has 0 aromatic carbocycles. The summed E-state index contributed by atoms with van der Waals surface area (Å²) in [4.78, 5) is 15.3. The van der Waals surface area contributed by atoms with Gasteiger partial charge in [-0.1, -0.05) is 13.3 Å². The average molecular weight is 329 g/mol. The van der Waals surface area contributed by atoms with Crippen molar-refractivity contribution in [1.29, 1.82) is 0 Å². The van der Waals surface area contributed by atoms with Gasteiger partial charge in [0.15, 0.2) is 5.82 Å². The number of aromatic nitrogens is 3. The van der Waals surface area contributed by atoms with Crippen molar-refractivity contribution in [3.8, 4) is 0 Å². The first kappa shape index (κ1) is 17.2. The third-order valence-corrected chi connectivity index (χ3v) is 5.14. The van der Waals surface area contributed by atoms with E-state index in [9.17, 15) is 0 Å². The number of nitrogen functional groups attached to an aromatic ring is 1. The van der Waals surface area contributed by atoms with Gasteiger partial charge in [-0.05, 0) is 70.6 Å². The zero-order valence-electron chi connectivity index (χ0n) is 15.2. The second kappa shape index (κ2) is 7.97. The number of hydrogen-bond acceptors (Lipinski definition) is 4. The van der Waals surface area contributed by atoms with Crippen LogP contribution >= 0.6 is 0 Å². The summed E-state index contributed by atoms with van der Waals surface area (Å²) in [5.74, 6) is 1.48. The molecule has 24 heavy (non-hydrogen) atoms. The van der Waals surface area contributed by atoms with Crippen LogP contribution in [0.25, 0.3) is 11.0 Å². The molecular formula is C19H31N5. The lowest BCUT2D eigenvalue weighted by Crippen LogP contribution is -2.20. The van der Waals surface area contributed by atoms with Gasteiger partial charge in [0.1, 0.15) is 11.3 Å². The zero-order chi connectivity index (χ0) is 16.9. The highest BCUT2D eigenvalue weighted by atomic mass is 15.1. The lowest BCUT2D eigenvalue weighted by atomic mass is 10.1. The van der Waals surface area contributed by atoms with E-state index in [1.54, 1.807) is 0 Å². The molecule has 0 saturated carbocycles. The van der Waals surface area contributed by atoms with Crippen LogP contribution in [-0.2, 0) is 12.8 Å². The summed E-state index contributed by atoms with van der Waals surface area (Å²) in [6, 6.07) is 0. The van der Waals surface area contributed by atoms with Gasteiger partial charge < -0.3 is 15.6 Å². The second-order valence-corrected chi connectivity index (χ2v) is 7.09. The standard InChI is InChI=1S/C19H31N5/c1-3-4-10-16-22-17-15(14(2)21-18(17)19(20)23-16)9-5-6-11-24-12-7-8-13-24/h21H,3-13H2,1-2H3,(H2,20,22,23). The fourth-order valence-corrected chi connectivity index (χ4v) is 3.70. The van der Waals surface area contributed by atoms with Crippen LogP contribution < -0.4 is 5.73 Å². The van der Waals surface area contributed by atoms with Gasteiger partial charge in [-0.25, -0.2) is 9.97 Å². The Kier molecular flexibility index (Phi) is 5.72. The van der Waals surface area contributed by atoms with Gasteiger partial charge in [-0.3, -0.25) is 0 Å². The SMILES string of the molecule is CCCCc1nc(N)c2[nH]c(C)c(CCCCN3CCCC3)c2n1. The molecule has 3 rings (SSSR count). The summed E-state index contributed by atoms with van der Waals surface area (Å²) < 4.78 is 0. The van der Waals surface area contributed by atoms with E-state index in [0.717, 1.165) is 42.5 Å². The van der Waals surface area contributed by atoms with Gasteiger partial charge >= 0.3 is 0 Å². The van der Waals surface area contributed by atoms with Gasteiger partial charge in [0.2, 0.25) is 0 Å². The van der Waals surface area contributed by atoms with E-state index in [4.69, 9.17) is 10.7 Å². The molecule has 0 radical (unpaired) electrons. The number of likely N-dealkylation sites (tertiary alicyclic amines) is 1. The largest absolute Gasteiger partial charge is 0.382 e. The molecule has 3 heterocycles. The number of fused-ring (bicyclic) bond motifs is 1. The third-order valence-electron chi connectivity index (χ3n) is 5.14. The topological polar surface area (TPSA) is 70.8 Å². The van der Waals surface area contributed by atoms with Crippen molar-refractivity contribution in [1.82, 2.24) is 19.9 Å². The Morgan fingerprint density at radius 3 is 2.62 bits per heavy atom. The summed E-state index contributed by atoms with van der Waals surface area (Å²) in [6.07, 6.45) is 9.46. The quantitative estimate of drug-likeness (QED) is 0.726. The lowest BCUT2D eigenvalue weighted by Gasteiger charge is -2.13. The average Bonchev–Trinajstić information content (AvgIpc) is 3.18. The second-order valence-electron chi connectivity index (χ2n) is 7.09. The van der Waals surface area contributed by atoms with E-state index in [2.05, 4.69) is 28.7 Å². The maximum absolute atomic E-state index is 6.16. The van der Waals surface area contributed by atoms with E-state index in [1.165, 1.54) is 56.6 Å². The number of aromatic amines is 1. The Morgan fingerprint density at radius 2 is 1.88 bits per heavy atom. The molecule has 2 aromatic heterocycles. The van der Waals surface area contributed by atoms with Crippen molar-refractivity contribution in [3.05, 3.63) is 17.1 Å². The van der Waals surface area contributed by atoms with Crippen LogP contribution in [0, 0.1) is 6.92 Å². The molecule has 1 aliphatic heterocycles. The van der Waals surface area contributed by atoms with Crippen molar-refractivity contribution >= 4 is 16.9 Å². The van der Waals surface area contributed by atoms with Crippen LogP contribution in [-0.4, -0.2) is 39.5 Å². The molecule has 132 valence electrons. The number of aryl methyl sites for hydroxylation is 3. The smallest absolute Gasteiger partial charge is 0.151 e. The minimum absolute atomic E-state index is 0.595. The number of rotatable bonds is 8. The van der Waals surface area contributed by atoms with E-state index in [1.807, 2.05) is 0 Å². The van der Waals surface area contributed by atoms with Gasteiger partial charge in [0.25, 0.3) is 0 Å². The highest BCUT2D eigenvalue weighted by Gasteiger charge is 2.15. The maximum Gasteiger partial charge on any atom is 0.151 e. The van der Waals surface area contributed by atoms with Gasteiger partial charge in [0.05, 0.1) is 5.52 Å². The van der Waals surface area contributed by atoms with E-state index >= 15 is 0 Å². The van der Waals surface area contributed by atoms with Crippen LogP contribution in [0.1, 0.15) is 62.5 Å². The first-order chi connectivity index (χ1) is 11.7. The predicted octanol–water partition coefficient (Wildman–Crippen LogP) is 3.61. The van der Waals surface area contributed by atoms with Crippen molar-refractivity contribution in [2.24, 2.45) is 0 Å². The number of nitrogens with zero attached hydrogens (tertiary/aromatic N) is 3. The van der Waals surface area contributed by atoms with Crippen LogP contribution in [0.5, 0.6) is 0 Å². The molecule has 3 N–H and O–H groups in total. The molecular weight excluding hydrogens is 298 g/mol. The minimum Gasteiger partial charge on any atom is -0.382 e. The maximum atomic E-state index is 6.16. The lowest BCUT2D eigenvalue weighted by molar-refractivity contribution is 0.330. The molecule has 1 fully saturated rings. The summed E-state index contributed by atoms with van der Waals surface area (Å²) in [6.45, 7) is 8.13. The molecule has 0 unspecified atom stereocenters. The van der Waals surface area contributed by atoms with E-state index < -0.39 is 0 Å². The fourth-order valence-electron chi connectivity index (χ4n) is 3.70. The Bertz CT molecular complexity index is 670. The van der Waals surface area contributed by atoms with E-state index in [0.29, 0.717) is 5.82 Å². The first-order valence-electron chi connectivity index (χ1n) is 9.55. The molecule has 0 amide bonds. The van der Waals surface area contributed by atoms with Crippen molar-refractivity contribution in [2.45, 2.75) is 65.2 Å². The zero-order valence-corrected chi connectivity index (χ0v) is 15.2. The molecule has 0 bridgehead atoms. The summed E-state index contributed by atoms with van der Waals surface area (Å²) in [7, 11) is 0. The highest BCUT2D eigenvalue weighted by Crippen LogP contribution is 2.26. The number of nitrogens with one attached hydrogen (secondary N) is 1. The number of unbranched alkanes of at least 4 members (excludes halogenated alkanes) is 2. The Balaban J connectivity index is 1.68. The summed E-state index contributed by atoms with van der Waals surface area (Å²) in [5, 5.41) is 0. The summed E-state index contributed by atoms with van der Waals surface area (Å²) >= 11 is 0. The number of anilines is 1. The summed E-state index contributed by atoms with van der Waals surface area (Å²) in [5.41, 5.74) is 10.7. The van der Waals surface area contributed by atoms with Crippen LogP contribution in [0.4, 0.5) is 5.82 Å². The normalized spacial score (nSPS) is 15.6. The van der Waals surface area contributed by atoms with Crippen LogP contribution in [0.2, 0.25) is 0 Å². The monoisotopic (exact) mass is 329 g/mol. The molecule has 1 aliphatic rings. The van der Waals surface area contributed by atoms with Crippen molar-refractivity contribution < 1.29 is 0 Å². The molecule has 0 aliphatic carbocycles. The minimum atomic E-state index is 0.595. The fraction of sp³-hybridized carbons (Fsp3) is 0.684. The van der Waals surface area contributed by atoms with Gasteiger partial charge in [-0.2, -0.15) is 0 Å². The third kappa shape index (κ3) is 3.89. The molecule has 1 saturated heterocycles. The number of nitrogens with two attached hydrogens (primary N) is 1. The molecule has 0 atom stereocenters. The number of hydrogen-bond donors (Lipinski definition) is 2. The molecule has 5 nitrogen and oxygen atoms in total. The van der Waals surface area contributed by atoms with Gasteiger partial charge in [0, 0.05) is 12.1 Å². The first-order valence-corrected chi connectivity index (χ1v) is 9.55. The Hall–Kier alpha value is -1.62. The molecule has 2 aromatic rings. The van der Waals surface area contributed by atoms with Crippen LogP contribution in [0.3, 0.4) is 0 Å². The van der Waals surface area contributed by atoms with E-state index in [-0.39, 0.29) is 0 Å². The Morgan fingerprint density at radius 1 is 1.08 bits per heavy atom. The van der Waals surface area contributed by atoms with Crippen molar-refractivity contribution in [2.75, 3.05) is 25.4 Å². The highest BCUT2D eigenvalue weighted by molar-refractivity contribution is 5.88.